The van der Waals surface area contributed by atoms with Crippen LogP contribution in [0.4, 0.5) is 5.82 Å². The van der Waals surface area contributed by atoms with Crippen LogP contribution in [0, 0.1) is 0 Å². The number of aryl methyl sites for hydroxylation is 1. The lowest BCUT2D eigenvalue weighted by atomic mass is 10.1. The largest absolute Gasteiger partial charge is 0.493 e. The van der Waals surface area contributed by atoms with Gasteiger partial charge in [0.05, 0.1) is 31.9 Å². The molecule has 0 bridgehead atoms. The number of anilines is 1. The molecule has 0 aliphatic rings. The number of methoxy groups -OCH3 is 2. The van der Waals surface area contributed by atoms with Gasteiger partial charge >= 0.3 is 0 Å². The van der Waals surface area contributed by atoms with Gasteiger partial charge < -0.3 is 20.9 Å². The molecule has 146 valence electrons. The number of fused-ring (bicyclic) bond motifs is 1. The van der Waals surface area contributed by atoms with E-state index >= 15 is 0 Å². The van der Waals surface area contributed by atoms with Crippen molar-refractivity contribution in [3.63, 3.8) is 0 Å². The Labute approximate surface area is 167 Å². The van der Waals surface area contributed by atoms with E-state index in [9.17, 15) is 4.79 Å². The molecule has 3 rings (SSSR count). The number of amides is 1. The van der Waals surface area contributed by atoms with Crippen molar-refractivity contribution in [1.29, 1.82) is 0 Å². The molecule has 4 N–H and O–H groups in total. The second-order valence-electron chi connectivity index (χ2n) is 6.15. The molecule has 0 saturated carbocycles. The topological polar surface area (TPSA) is 104 Å². The maximum atomic E-state index is 11.3. The van der Waals surface area contributed by atoms with Crippen molar-refractivity contribution in [2.24, 2.45) is 5.73 Å². The number of nitrogens with two attached hydrogens (primary N) is 2. The summed E-state index contributed by atoms with van der Waals surface area (Å²) in [6.45, 7) is 0.619. The van der Waals surface area contributed by atoms with E-state index in [-0.39, 0.29) is 5.75 Å². The fourth-order valence-electron chi connectivity index (χ4n) is 2.93. The Bertz CT molecular complexity index is 996. The number of nitrogens with zero attached hydrogens (tertiary/aromatic N) is 2. The molecule has 0 fully saturated rings. The van der Waals surface area contributed by atoms with Gasteiger partial charge in [-0.2, -0.15) is 0 Å². The van der Waals surface area contributed by atoms with E-state index in [4.69, 9.17) is 25.9 Å². The maximum absolute atomic E-state index is 11.3. The van der Waals surface area contributed by atoms with Crippen LogP contribution in [0.2, 0.25) is 0 Å². The first-order chi connectivity index (χ1) is 13.5. The predicted molar refractivity (Wildman–Crippen MR) is 110 cm³/mol. The van der Waals surface area contributed by atoms with Gasteiger partial charge in [0.2, 0.25) is 11.7 Å². The Kier molecular flexibility index (Phi) is 6.20. The van der Waals surface area contributed by atoms with E-state index in [1.54, 1.807) is 20.3 Å². The maximum Gasteiger partial charge on any atom is 0.299 e. The molecule has 0 unspecified atom stereocenters. The summed E-state index contributed by atoms with van der Waals surface area (Å²) in [5.41, 5.74) is 13.7. The Morgan fingerprint density at radius 2 is 1.82 bits per heavy atom. The molecule has 0 saturated heterocycles. The fraction of sp³-hybridized carbons (Fsp3) is 0.250. The molecule has 8 heteroatoms. The van der Waals surface area contributed by atoms with E-state index in [1.165, 1.54) is 17.3 Å². The van der Waals surface area contributed by atoms with Crippen LogP contribution in [0.5, 0.6) is 11.5 Å². The number of thioether (sulfide) groups is 1. The Morgan fingerprint density at radius 1 is 1.14 bits per heavy atom. The zero-order valence-electron chi connectivity index (χ0n) is 15.8. The average Bonchev–Trinajstić information content (AvgIpc) is 2.71. The van der Waals surface area contributed by atoms with Gasteiger partial charge in [0, 0.05) is 18.6 Å². The number of carbonyl (C=O) groups is 1. The van der Waals surface area contributed by atoms with Gasteiger partial charge in [0.1, 0.15) is 0 Å². The summed E-state index contributed by atoms with van der Waals surface area (Å²) in [4.78, 5) is 16.0. The first kappa shape index (κ1) is 19.8. The van der Waals surface area contributed by atoms with Crippen LogP contribution in [-0.2, 0) is 17.8 Å². The highest BCUT2D eigenvalue weighted by atomic mass is 32.2. The monoisotopic (exact) mass is 399 g/mol. The molecular weight excluding hydrogens is 376 g/mol. The summed E-state index contributed by atoms with van der Waals surface area (Å²) in [6, 6.07) is 13.7. The zero-order chi connectivity index (χ0) is 20.1. The summed E-state index contributed by atoms with van der Waals surface area (Å²) >= 11 is 1.27. The van der Waals surface area contributed by atoms with E-state index in [0.717, 1.165) is 11.8 Å². The zero-order valence-corrected chi connectivity index (χ0v) is 16.7. The second kappa shape index (κ2) is 8.79. The fourth-order valence-corrected chi connectivity index (χ4v) is 3.71. The van der Waals surface area contributed by atoms with Gasteiger partial charge in [0.25, 0.3) is 5.16 Å². The summed E-state index contributed by atoms with van der Waals surface area (Å²) in [7, 11) is 3.15. The molecule has 1 aromatic heterocycles. The number of aromatic nitrogens is 2. The van der Waals surface area contributed by atoms with Gasteiger partial charge in [-0.15, -0.1) is 0 Å². The molecule has 28 heavy (non-hydrogen) atoms. The van der Waals surface area contributed by atoms with Gasteiger partial charge in [-0.05, 0) is 17.3 Å². The molecule has 0 atom stereocenters. The molecule has 0 spiro atoms. The standard InChI is InChI=1S/C20H22N4O3S/c1-26-16-10-14-15(11-17(16)27-2)23-20(28-12-18(21)25)24(19(14)22)9-8-13-6-4-3-5-7-13/h3-7,10-11,22H,8-9,12H2,1-2H3,(H2,21,25)/p+1. The molecule has 1 heterocycles. The normalized spacial score (nSPS) is 10.8. The minimum Gasteiger partial charge on any atom is -0.493 e. The van der Waals surface area contributed by atoms with Crippen molar-refractivity contribution in [2.45, 2.75) is 18.1 Å². The Balaban J connectivity index is 2.07. The van der Waals surface area contributed by atoms with E-state index in [1.807, 2.05) is 28.8 Å². The highest BCUT2D eigenvalue weighted by Crippen LogP contribution is 2.33. The smallest absolute Gasteiger partial charge is 0.299 e. The van der Waals surface area contributed by atoms with E-state index in [0.29, 0.717) is 34.5 Å². The van der Waals surface area contributed by atoms with Crippen molar-refractivity contribution in [2.75, 3.05) is 25.7 Å². The average molecular weight is 399 g/mol. The minimum atomic E-state index is -0.410. The molecule has 7 nitrogen and oxygen atoms in total. The third-order valence-electron chi connectivity index (χ3n) is 4.33. The highest BCUT2D eigenvalue weighted by Gasteiger charge is 2.22. The van der Waals surface area contributed by atoms with Gasteiger partial charge in [0.15, 0.2) is 17.0 Å². The number of primary amides is 1. The van der Waals surface area contributed by atoms with Gasteiger partial charge in [-0.1, -0.05) is 35.3 Å². The lowest BCUT2D eigenvalue weighted by molar-refractivity contribution is -0.721. The van der Waals surface area contributed by atoms with Crippen molar-refractivity contribution in [1.82, 2.24) is 4.98 Å². The lowest BCUT2D eigenvalue weighted by Gasteiger charge is -2.13. The second-order valence-corrected chi connectivity index (χ2v) is 7.09. The van der Waals surface area contributed by atoms with Crippen LogP contribution >= 0.6 is 11.8 Å². The third kappa shape index (κ3) is 4.28. The van der Waals surface area contributed by atoms with Crippen LogP contribution in [-0.4, -0.2) is 30.9 Å². The first-order valence-electron chi connectivity index (χ1n) is 8.73. The van der Waals surface area contributed by atoms with Gasteiger partial charge in [-0.3, -0.25) is 4.79 Å². The summed E-state index contributed by atoms with van der Waals surface area (Å²) < 4.78 is 12.7. The number of carbonyl (C=O) groups excluding carboxylic acids is 1. The molecule has 1 amide bonds. The Hall–Kier alpha value is -3.00. The lowest BCUT2D eigenvalue weighted by Crippen LogP contribution is -2.42. The SMILES string of the molecule is COc1cc2nc(SCC(N)=O)[n+](CCc3ccccc3)c(N)c2cc1OC. The quantitative estimate of drug-likeness (QED) is 0.341. The number of benzene rings is 2. The Morgan fingerprint density at radius 3 is 2.46 bits per heavy atom. The molecule has 2 aromatic carbocycles. The number of ether oxygens (including phenoxy) is 2. The van der Waals surface area contributed by atoms with Crippen molar-refractivity contribution in [3.8, 4) is 11.5 Å². The number of hydrogen-bond acceptors (Lipinski definition) is 6. The molecule has 0 aliphatic heterocycles. The number of rotatable bonds is 8. The summed E-state index contributed by atoms with van der Waals surface area (Å²) in [5, 5.41) is 1.39. The van der Waals surface area contributed by atoms with Crippen LogP contribution in [0.15, 0.2) is 47.6 Å². The van der Waals surface area contributed by atoms with Crippen molar-refractivity contribution in [3.05, 3.63) is 48.0 Å². The molecular formula is C20H23N4O3S+. The van der Waals surface area contributed by atoms with Crippen LogP contribution in [0.1, 0.15) is 5.56 Å². The molecule has 0 radical (unpaired) electrons. The van der Waals surface area contributed by atoms with Crippen LogP contribution < -0.4 is 25.5 Å². The summed E-state index contributed by atoms with van der Waals surface area (Å²) in [5.74, 6) is 1.41. The number of nitrogen functional groups attached to an aromatic ring is 1. The minimum absolute atomic E-state index is 0.122. The van der Waals surface area contributed by atoms with Crippen LogP contribution in [0.25, 0.3) is 10.9 Å². The van der Waals surface area contributed by atoms with E-state index in [2.05, 4.69) is 12.1 Å². The third-order valence-corrected chi connectivity index (χ3v) is 5.32. The van der Waals surface area contributed by atoms with Gasteiger partial charge in [-0.25, -0.2) is 4.57 Å². The summed E-state index contributed by atoms with van der Waals surface area (Å²) in [6.07, 6.45) is 0.778. The molecule has 3 aromatic rings. The predicted octanol–water partition coefficient (Wildman–Crippen LogP) is 1.94. The van der Waals surface area contributed by atoms with Crippen molar-refractivity contribution >= 4 is 34.4 Å². The number of hydrogen-bond donors (Lipinski definition) is 2. The first-order valence-corrected chi connectivity index (χ1v) is 9.72. The van der Waals surface area contributed by atoms with Crippen molar-refractivity contribution < 1.29 is 18.8 Å². The van der Waals surface area contributed by atoms with Crippen LogP contribution in [0.3, 0.4) is 0 Å². The molecule has 0 aliphatic carbocycles. The van der Waals surface area contributed by atoms with E-state index < -0.39 is 5.91 Å². The highest BCUT2D eigenvalue weighted by molar-refractivity contribution is 7.99.